The van der Waals surface area contributed by atoms with E-state index in [2.05, 4.69) is 10.6 Å². The second-order valence-electron chi connectivity index (χ2n) is 4.90. The number of aromatic hydroxyl groups is 2. The molecule has 1 aromatic rings. The number of phenolic OH excluding ortho intramolecular Hbond substituents is 2. The number of phenols is 2. The van der Waals surface area contributed by atoms with E-state index in [9.17, 15) is 15.0 Å². The molecule has 1 unspecified atom stereocenters. The lowest BCUT2D eigenvalue weighted by Crippen LogP contribution is -2.57. The molecule has 4 N–H and O–H groups in total. The van der Waals surface area contributed by atoms with Crippen LogP contribution >= 0.6 is 0 Å². The summed E-state index contributed by atoms with van der Waals surface area (Å²) >= 11 is 0. The van der Waals surface area contributed by atoms with Crippen LogP contribution in [0.4, 0.5) is 0 Å². The fraction of sp³-hybridized carbons (Fsp3) is 0.500. The van der Waals surface area contributed by atoms with Crippen LogP contribution in [0.5, 0.6) is 11.5 Å². The van der Waals surface area contributed by atoms with Crippen molar-refractivity contribution in [1.29, 1.82) is 0 Å². The molecule has 6 heteroatoms. The van der Waals surface area contributed by atoms with E-state index in [0.717, 1.165) is 13.1 Å². The van der Waals surface area contributed by atoms with E-state index in [0.29, 0.717) is 25.2 Å². The molecule has 0 aliphatic carbocycles. The van der Waals surface area contributed by atoms with Crippen molar-refractivity contribution >= 4 is 5.91 Å². The number of hydrogen-bond donors (Lipinski definition) is 4. The number of nitrogens with one attached hydrogen (secondary N) is 2. The third kappa shape index (κ3) is 3.40. The fourth-order valence-corrected chi connectivity index (χ4v) is 2.39. The number of likely N-dealkylation sites (N-methyl/N-ethyl adjacent to an activating group) is 1. The lowest BCUT2D eigenvalue weighted by Gasteiger charge is -2.35. The highest BCUT2D eigenvalue weighted by molar-refractivity contribution is 5.82. The molecule has 0 spiro atoms. The summed E-state index contributed by atoms with van der Waals surface area (Å²) in [6, 6.07) is 4.30. The van der Waals surface area contributed by atoms with Crippen molar-refractivity contribution in [3.05, 3.63) is 23.8 Å². The SMILES string of the molecule is CCNC(=O)C1CNCCN1Cc1ccc(O)cc1O. The Balaban J connectivity index is 2.10. The minimum absolute atomic E-state index is 0.00188. The molecule has 2 rings (SSSR count). The first-order chi connectivity index (χ1) is 9.61. The van der Waals surface area contributed by atoms with Crippen molar-refractivity contribution in [1.82, 2.24) is 15.5 Å². The van der Waals surface area contributed by atoms with Crippen molar-refractivity contribution in [2.45, 2.75) is 19.5 Å². The van der Waals surface area contributed by atoms with Gasteiger partial charge in [-0.2, -0.15) is 0 Å². The van der Waals surface area contributed by atoms with Gasteiger partial charge < -0.3 is 20.8 Å². The quantitative estimate of drug-likeness (QED) is 0.624. The Hall–Kier alpha value is -1.79. The molecular weight excluding hydrogens is 258 g/mol. The smallest absolute Gasteiger partial charge is 0.238 e. The molecule has 0 saturated carbocycles. The molecule has 0 radical (unpaired) electrons. The molecule has 1 aliphatic rings. The maximum atomic E-state index is 12.0. The largest absolute Gasteiger partial charge is 0.508 e. The van der Waals surface area contributed by atoms with Gasteiger partial charge in [-0.1, -0.05) is 6.07 Å². The Morgan fingerprint density at radius 3 is 3.00 bits per heavy atom. The van der Waals surface area contributed by atoms with E-state index >= 15 is 0 Å². The van der Waals surface area contributed by atoms with Gasteiger partial charge >= 0.3 is 0 Å². The highest BCUT2D eigenvalue weighted by atomic mass is 16.3. The number of benzene rings is 1. The minimum atomic E-state index is -0.239. The van der Waals surface area contributed by atoms with Crippen LogP contribution in [0.2, 0.25) is 0 Å². The van der Waals surface area contributed by atoms with Crippen LogP contribution in [0.3, 0.4) is 0 Å². The van der Waals surface area contributed by atoms with Crippen LogP contribution in [0.25, 0.3) is 0 Å². The summed E-state index contributed by atoms with van der Waals surface area (Å²) in [5.74, 6) is 0.0861. The van der Waals surface area contributed by atoms with Gasteiger partial charge in [0.05, 0.1) is 0 Å². The van der Waals surface area contributed by atoms with Gasteiger partial charge in [0, 0.05) is 44.4 Å². The average molecular weight is 279 g/mol. The van der Waals surface area contributed by atoms with E-state index < -0.39 is 0 Å². The van der Waals surface area contributed by atoms with Gasteiger partial charge in [0.25, 0.3) is 0 Å². The topological polar surface area (TPSA) is 84.8 Å². The van der Waals surface area contributed by atoms with Crippen LogP contribution in [0, 0.1) is 0 Å². The molecule has 0 bridgehead atoms. The molecule has 6 nitrogen and oxygen atoms in total. The molecule has 1 fully saturated rings. The van der Waals surface area contributed by atoms with Gasteiger partial charge in [-0.3, -0.25) is 9.69 Å². The monoisotopic (exact) mass is 279 g/mol. The highest BCUT2D eigenvalue weighted by Crippen LogP contribution is 2.24. The number of amides is 1. The Kier molecular flexibility index (Phi) is 4.81. The van der Waals surface area contributed by atoms with Crippen molar-refractivity contribution < 1.29 is 15.0 Å². The summed E-state index contributed by atoms with van der Waals surface area (Å²) in [6.07, 6.45) is 0. The zero-order valence-corrected chi connectivity index (χ0v) is 11.6. The van der Waals surface area contributed by atoms with Crippen LogP contribution < -0.4 is 10.6 Å². The number of carbonyl (C=O) groups is 1. The van der Waals surface area contributed by atoms with Gasteiger partial charge in [0.15, 0.2) is 0 Å². The van der Waals surface area contributed by atoms with Crippen molar-refractivity contribution in [3.8, 4) is 11.5 Å². The van der Waals surface area contributed by atoms with E-state index in [1.54, 1.807) is 12.1 Å². The molecule has 1 aliphatic heterocycles. The van der Waals surface area contributed by atoms with E-state index in [4.69, 9.17) is 0 Å². The Morgan fingerprint density at radius 1 is 1.50 bits per heavy atom. The van der Waals surface area contributed by atoms with Gasteiger partial charge in [-0.25, -0.2) is 0 Å². The Bertz CT molecular complexity index is 479. The Labute approximate surface area is 118 Å². The molecule has 1 heterocycles. The lowest BCUT2D eigenvalue weighted by atomic mass is 10.1. The molecule has 1 atom stereocenters. The number of rotatable bonds is 4. The molecule has 1 amide bonds. The maximum absolute atomic E-state index is 12.0. The standard InChI is InChI=1S/C14H21N3O3/c1-2-16-14(20)12-8-15-5-6-17(12)9-10-3-4-11(18)7-13(10)19/h3-4,7,12,15,18-19H,2,5-6,8-9H2,1H3,(H,16,20). The first-order valence-corrected chi connectivity index (χ1v) is 6.85. The van der Waals surface area contributed by atoms with Gasteiger partial charge in [-0.05, 0) is 13.0 Å². The van der Waals surface area contributed by atoms with Crippen LogP contribution in [0.15, 0.2) is 18.2 Å². The van der Waals surface area contributed by atoms with Gasteiger partial charge in [0.1, 0.15) is 17.5 Å². The van der Waals surface area contributed by atoms with Crippen molar-refractivity contribution in [2.24, 2.45) is 0 Å². The molecule has 1 saturated heterocycles. The van der Waals surface area contributed by atoms with Crippen LogP contribution in [-0.4, -0.2) is 53.2 Å². The fourth-order valence-electron chi connectivity index (χ4n) is 2.39. The summed E-state index contributed by atoms with van der Waals surface area (Å²) in [5.41, 5.74) is 0.707. The third-order valence-corrected chi connectivity index (χ3v) is 3.45. The summed E-state index contributed by atoms with van der Waals surface area (Å²) in [7, 11) is 0. The molecule has 1 aromatic carbocycles. The van der Waals surface area contributed by atoms with Crippen LogP contribution in [0.1, 0.15) is 12.5 Å². The number of carbonyl (C=O) groups excluding carboxylic acids is 1. The summed E-state index contributed by atoms with van der Waals surface area (Å²) < 4.78 is 0. The predicted molar refractivity (Wildman–Crippen MR) is 75.5 cm³/mol. The van der Waals surface area contributed by atoms with E-state index in [1.807, 2.05) is 11.8 Å². The van der Waals surface area contributed by atoms with Gasteiger partial charge in [0.2, 0.25) is 5.91 Å². The zero-order valence-electron chi connectivity index (χ0n) is 11.6. The number of nitrogens with zero attached hydrogens (tertiary/aromatic N) is 1. The van der Waals surface area contributed by atoms with Crippen molar-refractivity contribution in [3.63, 3.8) is 0 Å². The second-order valence-corrected chi connectivity index (χ2v) is 4.90. The number of hydrogen-bond acceptors (Lipinski definition) is 5. The lowest BCUT2D eigenvalue weighted by molar-refractivity contribution is -0.127. The van der Waals surface area contributed by atoms with Gasteiger partial charge in [-0.15, -0.1) is 0 Å². The minimum Gasteiger partial charge on any atom is -0.508 e. The maximum Gasteiger partial charge on any atom is 0.238 e. The van der Waals surface area contributed by atoms with Crippen molar-refractivity contribution in [2.75, 3.05) is 26.2 Å². The third-order valence-electron chi connectivity index (χ3n) is 3.45. The summed E-state index contributed by atoms with van der Waals surface area (Å²) in [4.78, 5) is 14.1. The van der Waals surface area contributed by atoms with Crippen LogP contribution in [-0.2, 0) is 11.3 Å². The second kappa shape index (κ2) is 6.58. The average Bonchev–Trinajstić information content (AvgIpc) is 2.43. The predicted octanol–water partition coefficient (Wildman–Crippen LogP) is 0.00770. The first kappa shape index (κ1) is 14.6. The zero-order chi connectivity index (χ0) is 14.5. The summed E-state index contributed by atoms with van der Waals surface area (Å²) in [5, 5.41) is 25.2. The Morgan fingerprint density at radius 2 is 2.30 bits per heavy atom. The molecule has 0 aromatic heterocycles. The molecular formula is C14H21N3O3. The highest BCUT2D eigenvalue weighted by Gasteiger charge is 2.28. The molecule has 20 heavy (non-hydrogen) atoms. The van der Waals surface area contributed by atoms with E-state index in [1.165, 1.54) is 6.07 Å². The normalized spacial score (nSPS) is 19.8. The first-order valence-electron chi connectivity index (χ1n) is 6.85. The molecule has 110 valence electrons. The summed E-state index contributed by atoms with van der Waals surface area (Å²) in [6.45, 7) is 5.13. The van der Waals surface area contributed by atoms with E-state index in [-0.39, 0.29) is 23.4 Å². The number of piperazine rings is 1.